The molecule has 1 aromatic carbocycles. The first-order chi connectivity index (χ1) is 8.72. The van der Waals surface area contributed by atoms with Gasteiger partial charge in [0.15, 0.2) is 18.1 Å². The number of aryl methyl sites for hydroxylation is 1. The number of benzene rings is 1. The molecule has 2 rings (SSSR count). The number of hydrogen-bond donors (Lipinski definition) is 1. The summed E-state index contributed by atoms with van der Waals surface area (Å²) in [6.45, 7) is 2.37. The van der Waals surface area contributed by atoms with Crippen LogP contribution in [0.1, 0.15) is 17.3 Å². The highest BCUT2D eigenvalue weighted by atomic mass is 16.5. The lowest BCUT2D eigenvalue weighted by Crippen LogP contribution is -2.01. The molecule has 18 heavy (non-hydrogen) atoms. The smallest absolute Gasteiger partial charge is 0.253 e. The Kier molecular flexibility index (Phi) is 3.78. The fourth-order valence-corrected chi connectivity index (χ4v) is 1.50. The highest BCUT2D eigenvalue weighted by molar-refractivity contribution is 5.42. The molecule has 0 radical (unpaired) electrons. The molecule has 0 saturated heterocycles. The average molecular weight is 249 g/mol. The second-order valence-electron chi connectivity index (χ2n) is 3.69. The van der Waals surface area contributed by atoms with Crippen LogP contribution in [0, 0.1) is 6.92 Å². The van der Waals surface area contributed by atoms with Crippen LogP contribution in [-0.2, 0) is 13.2 Å². The van der Waals surface area contributed by atoms with Crippen molar-refractivity contribution in [1.29, 1.82) is 0 Å². The summed E-state index contributed by atoms with van der Waals surface area (Å²) in [5.74, 6) is 2.18. The van der Waals surface area contributed by atoms with Crippen LogP contribution < -0.4 is 15.2 Å². The van der Waals surface area contributed by atoms with Gasteiger partial charge in [-0.25, -0.2) is 0 Å². The third-order valence-electron chi connectivity index (χ3n) is 2.38. The van der Waals surface area contributed by atoms with Gasteiger partial charge in [-0.1, -0.05) is 6.07 Å². The summed E-state index contributed by atoms with van der Waals surface area (Å²) in [5, 5.41) is 7.58. The molecule has 6 nitrogen and oxygen atoms in total. The van der Waals surface area contributed by atoms with Gasteiger partial charge in [0.25, 0.3) is 5.89 Å². The number of ether oxygens (including phenoxy) is 2. The lowest BCUT2D eigenvalue weighted by molar-refractivity contribution is 0.247. The van der Waals surface area contributed by atoms with Crippen molar-refractivity contribution in [2.75, 3.05) is 7.11 Å². The van der Waals surface area contributed by atoms with E-state index in [0.717, 1.165) is 5.56 Å². The van der Waals surface area contributed by atoms with Crippen molar-refractivity contribution in [2.24, 2.45) is 5.73 Å². The summed E-state index contributed by atoms with van der Waals surface area (Å²) in [5.41, 5.74) is 6.55. The molecular formula is C12H15N3O3. The third kappa shape index (κ3) is 2.78. The molecule has 2 aromatic rings. The number of aromatic nitrogens is 2. The zero-order valence-corrected chi connectivity index (χ0v) is 10.3. The average Bonchev–Trinajstić information content (AvgIpc) is 2.81. The van der Waals surface area contributed by atoms with E-state index in [2.05, 4.69) is 10.2 Å². The van der Waals surface area contributed by atoms with Gasteiger partial charge in [-0.2, -0.15) is 0 Å². The van der Waals surface area contributed by atoms with Gasteiger partial charge in [0.2, 0.25) is 5.89 Å². The molecule has 0 bridgehead atoms. The Balaban J connectivity index is 2.11. The Morgan fingerprint density at radius 2 is 2.11 bits per heavy atom. The maximum atomic E-state index is 5.59. The second kappa shape index (κ2) is 5.50. The summed E-state index contributed by atoms with van der Waals surface area (Å²) in [6.07, 6.45) is 0. The van der Waals surface area contributed by atoms with Gasteiger partial charge in [-0.05, 0) is 17.7 Å². The first-order valence-corrected chi connectivity index (χ1v) is 5.51. The molecule has 0 fully saturated rings. The topological polar surface area (TPSA) is 83.4 Å². The summed E-state index contributed by atoms with van der Waals surface area (Å²) >= 11 is 0. The molecular weight excluding hydrogens is 234 g/mol. The minimum Gasteiger partial charge on any atom is -0.493 e. The predicted molar refractivity (Wildman–Crippen MR) is 64.3 cm³/mol. The molecule has 0 aliphatic heterocycles. The van der Waals surface area contributed by atoms with Crippen molar-refractivity contribution in [3.8, 4) is 11.5 Å². The van der Waals surface area contributed by atoms with Crippen LogP contribution in [-0.4, -0.2) is 17.3 Å². The number of nitrogens with two attached hydrogens (primary N) is 1. The normalized spacial score (nSPS) is 10.4. The van der Waals surface area contributed by atoms with Crippen LogP contribution in [0.3, 0.4) is 0 Å². The van der Waals surface area contributed by atoms with Gasteiger partial charge in [0.1, 0.15) is 0 Å². The highest BCUT2D eigenvalue weighted by Crippen LogP contribution is 2.28. The first kappa shape index (κ1) is 12.4. The molecule has 0 atom stereocenters. The molecule has 6 heteroatoms. The van der Waals surface area contributed by atoms with Gasteiger partial charge in [0, 0.05) is 13.5 Å². The van der Waals surface area contributed by atoms with Gasteiger partial charge in [-0.15, -0.1) is 10.2 Å². The zero-order valence-electron chi connectivity index (χ0n) is 10.3. The second-order valence-corrected chi connectivity index (χ2v) is 3.69. The Morgan fingerprint density at radius 1 is 1.28 bits per heavy atom. The standard InChI is InChI=1S/C12H15N3O3/c1-8-14-15-12(18-8)7-17-11-5-9(6-13)3-4-10(11)16-2/h3-5H,6-7,13H2,1-2H3. The number of nitrogens with zero attached hydrogens (tertiary/aromatic N) is 2. The molecule has 0 aliphatic carbocycles. The van der Waals surface area contributed by atoms with Crippen molar-refractivity contribution in [3.05, 3.63) is 35.5 Å². The van der Waals surface area contributed by atoms with Gasteiger partial charge in [0.05, 0.1) is 7.11 Å². The quantitative estimate of drug-likeness (QED) is 0.862. The molecule has 0 amide bonds. The molecule has 2 N–H and O–H groups in total. The molecule has 1 aromatic heterocycles. The molecule has 96 valence electrons. The molecule has 0 aliphatic rings. The lowest BCUT2D eigenvalue weighted by atomic mass is 10.2. The van der Waals surface area contributed by atoms with Gasteiger partial charge >= 0.3 is 0 Å². The first-order valence-electron chi connectivity index (χ1n) is 5.51. The number of methoxy groups -OCH3 is 1. The fourth-order valence-electron chi connectivity index (χ4n) is 1.50. The van der Waals surface area contributed by atoms with Crippen LogP contribution in [0.5, 0.6) is 11.5 Å². The minimum absolute atomic E-state index is 0.200. The number of hydrogen-bond acceptors (Lipinski definition) is 6. The van der Waals surface area contributed by atoms with Gasteiger partial charge in [-0.3, -0.25) is 0 Å². The minimum atomic E-state index is 0.200. The third-order valence-corrected chi connectivity index (χ3v) is 2.38. The SMILES string of the molecule is COc1ccc(CN)cc1OCc1nnc(C)o1. The van der Waals surface area contributed by atoms with E-state index < -0.39 is 0 Å². The Bertz CT molecular complexity index is 525. The monoisotopic (exact) mass is 249 g/mol. The summed E-state index contributed by atoms with van der Waals surface area (Å²) in [7, 11) is 1.58. The predicted octanol–water partition coefficient (Wildman–Crippen LogP) is 1.42. The highest BCUT2D eigenvalue weighted by Gasteiger charge is 2.08. The van der Waals surface area contributed by atoms with E-state index in [1.165, 1.54) is 0 Å². The summed E-state index contributed by atoms with van der Waals surface area (Å²) < 4.78 is 16.0. The lowest BCUT2D eigenvalue weighted by Gasteiger charge is -2.10. The van der Waals surface area contributed by atoms with E-state index in [1.807, 2.05) is 18.2 Å². The van der Waals surface area contributed by atoms with Crippen LogP contribution in [0.15, 0.2) is 22.6 Å². The molecule has 0 spiro atoms. The maximum absolute atomic E-state index is 5.59. The van der Waals surface area contributed by atoms with Crippen molar-refractivity contribution >= 4 is 0 Å². The summed E-state index contributed by atoms with van der Waals surface area (Å²) in [6, 6.07) is 5.54. The van der Waals surface area contributed by atoms with E-state index in [1.54, 1.807) is 14.0 Å². The Hall–Kier alpha value is -2.08. The van der Waals surface area contributed by atoms with E-state index in [9.17, 15) is 0 Å². The van der Waals surface area contributed by atoms with Crippen molar-refractivity contribution in [3.63, 3.8) is 0 Å². The van der Waals surface area contributed by atoms with Crippen molar-refractivity contribution in [2.45, 2.75) is 20.1 Å². The Morgan fingerprint density at radius 3 is 2.72 bits per heavy atom. The molecule has 0 unspecified atom stereocenters. The zero-order chi connectivity index (χ0) is 13.0. The van der Waals surface area contributed by atoms with Gasteiger partial charge < -0.3 is 19.6 Å². The number of rotatable bonds is 5. The van der Waals surface area contributed by atoms with E-state index in [4.69, 9.17) is 19.6 Å². The van der Waals surface area contributed by atoms with Crippen molar-refractivity contribution in [1.82, 2.24) is 10.2 Å². The summed E-state index contributed by atoms with van der Waals surface area (Å²) in [4.78, 5) is 0. The van der Waals surface area contributed by atoms with E-state index >= 15 is 0 Å². The fraction of sp³-hybridized carbons (Fsp3) is 0.333. The molecule has 0 saturated carbocycles. The van der Waals surface area contributed by atoms with Crippen LogP contribution in [0.2, 0.25) is 0 Å². The van der Waals surface area contributed by atoms with Crippen LogP contribution in [0.4, 0.5) is 0 Å². The van der Waals surface area contributed by atoms with Crippen LogP contribution in [0.25, 0.3) is 0 Å². The Labute approximate surface area is 105 Å². The maximum Gasteiger partial charge on any atom is 0.253 e. The van der Waals surface area contributed by atoms with E-state index in [-0.39, 0.29) is 6.61 Å². The van der Waals surface area contributed by atoms with Crippen molar-refractivity contribution < 1.29 is 13.9 Å². The largest absolute Gasteiger partial charge is 0.493 e. The molecule has 1 heterocycles. The van der Waals surface area contributed by atoms with E-state index in [0.29, 0.717) is 29.8 Å². The van der Waals surface area contributed by atoms with Crippen LogP contribution >= 0.6 is 0 Å².